The number of hydrogen-bond donors (Lipinski definition) is 2. The maximum Gasteiger partial charge on any atom is 0.490 e. The lowest BCUT2D eigenvalue weighted by atomic mass is 10.1. The minimum Gasteiger partial charge on any atom is -0.455 e. The van der Waals surface area contributed by atoms with Crippen molar-refractivity contribution in [1.82, 2.24) is 14.7 Å². The van der Waals surface area contributed by atoms with Crippen LogP contribution >= 0.6 is 11.3 Å². The second-order valence-corrected chi connectivity index (χ2v) is 9.33. The van der Waals surface area contributed by atoms with E-state index in [9.17, 15) is 26.4 Å². The third kappa shape index (κ3) is 4.77. The van der Waals surface area contributed by atoms with Gasteiger partial charge < -0.3 is 9.72 Å². The molecule has 0 bridgehead atoms. The van der Waals surface area contributed by atoms with Gasteiger partial charge in [-0.2, -0.15) is 13.2 Å². The molecule has 3 heterocycles. The van der Waals surface area contributed by atoms with Gasteiger partial charge in [0.25, 0.3) is 0 Å². The van der Waals surface area contributed by atoms with Crippen LogP contribution in [0.5, 0.6) is 0 Å². The highest BCUT2D eigenvalue weighted by Crippen LogP contribution is 2.34. The van der Waals surface area contributed by atoms with Crippen LogP contribution in [0.15, 0.2) is 34.7 Å². The number of hydrogen-bond acceptors (Lipinski definition) is 6. The Bertz CT molecular complexity index is 1150. The number of fused-ring (bicyclic) bond motifs is 1. The smallest absolute Gasteiger partial charge is 0.455 e. The van der Waals surface area contributed by atoms with E-state index in [-0.39, 0.29) is 4.21 Å². The number of nitrogens with zero attached hydrogens (tertiary/aromatic N) is 1. The van der Waals surface area contributed by atoms with Gasteiger partial charge in [-0.3, -0.25) is 0 Å². The van der Waals surface area contributed by atoms with E-state index in [1.807, 2.05) is 13.0 Å². The Balaban J connectivity index is 1.74. The Morgan fingerprint density at radius 2 is 2.07 bits per heavy atom. The lowest BCUT2D eigenvalue weighted by Crippen LogP contribution is -2.36. The third-order valence-electron chi connectivity index (χ3n) is 3.88. The zero-order chi connectivity index (χ0) is 21.4. The fourth-order valence-corrected chi connectivity index (χ4v) is 5.08. The largest absolute Gasteiger partial charge is 0.490 e. The number of sulfonamides is 1. The van der Waals surface area contributed by atoms with Gasteiger partial charge in [0.1, 0.15) is 16.0 Å². The molecule has 0 aliphatic rings. The van der Waals surface area contributed by atoms with Crippen LogP contribution in [-0.4, -0.2) is 43.2 Å². The molecule has 12 heteroatoms. The Hall–Kier alpha value is -2.44. The molecule has 0 saturated carbocycles. The van der Waals surface area contributed by atoms with E-state index in [0.717, 1.165) is 34.9 Å². The number of carbonyl (C=O) groups is 1. The number of halogens is 3. The predicted molar refractivity (Wildman–Crippen MR) is 101 cm³/mol. The normalized spacial score (nSPS) is 13.6. The van der Waals surface area contributed by atoms with Gasteiger partial charge in [0.15, 0.2) is 0 Å². The number of aryl methyl sites for hydroxylation is 1. The van der Waals surface area contributed by atoms with Gasteiger partial charge in [-0.1, -0.05) is 0 Å². The van der Waals surface area contributed by atoms with Crippen LogP contribution in [0.3, 0.4) is 0 Å². The molecule has 0 radical (unpaired) electrons. The molecule has 0 aromatic carbocycles. The summed E-state index contributed by atoms with van der Waals surface area (Å²) in [4.78, 5) is 18.8. The van der Waals surface area contributed by atoms with E-state index < -0.39 is 34.8 Å². The molecule has 0 unspecified atom stereocenters. The van der Waals surface area contributed by atoms with Gasteiger partial charge in [0, 0.05) is 34.3 Å². The molecule has 0 aliphatic carbocycles. The Morgan fingerprint density at radius 3 is 2.76 bits per heavy atom. The van der Waals surface area contributed by atoms with Crippen molar-refractivity contribution in [1.29, 1.82) is 0 Å². The summed E-state index contributed by atoms with van der Waals surface area (Å²) in [5.74, 6) is -2.37. The highest BCUT2D eigenvalue weighted by Gasteiger charge is 2.41. The molecule has 156 valence electrons. The van der Waals surface area contributed by atoms with Crippen molar-refractivity contribution in [2.24, 2.45) is 0 Å². The summed E-state index contributed by atoms with van der Waals surface area (Å²) in [6.45, 7) is 2.55. The van der Waals surface area contributed by atoms with Crippen LogP contribution in [0.4, 0.5) is 13.2 Å². The molecule has 1 atom stereocenters. The van der Waals surface area contributed by atoms with Crippen molar-refractivity contribution < 1.29 is 31.1 Å². The lowest BCUT2D eigenvalue weighted by molar-refractivity contribution is -0.203. The summed E-state index contributed by atoms with van der Waals surface area (Å²) in [5, 5.41) is 0.844. The first-order chi connectivity index (χ1) is 13.5. The van der Waals surface area contributed by atoms with Crippen LogP contribution < -0.4 is 4.72 Å². The number of aromatic nitrogens is 2. The van der Waals surface area contributed by atoms with Crippen molar-refractivity contribution in [2.45, 2.75) is 30.3 Å². The Labute approximate surface area is 168 Å². The monoisotopic (exact) mass is 447 g/mol. The zero-order valence-corrected chi connectivity index (χ0v) is 16.8. The standard InChI is InChI=1S/C17H16F3N3O4S2/c1-9-7-12-11(5-6-21-15(12)23-9)13-3-4-14(28-13)29(25,26)22-8-10(2)27-16(24)17(18,19)20/h3-7,10,22H,8H2,1-2H3,(H,21,23)/t10-/m1/s1. The minimum atomic E-state index is -5.14. The molecule has 3 aromatic heterocycles. The maximum atomic E-state index is 12.4. The van der Waals surface area contributed by atoms with Gasteiger partial charge in [-0.05, 0) is 38.1 Å². The maximum absolute atomic E-state index is 12.4. The lowest BCUT2D eigenvalue weighted by Gasteiger charge is -2.14. The summed E-state index contributed by atoms with van der Waals surface area (Å²) >= 11 is 1.01. The number of esters is 1. The molecular weight excluding hydrogens is 431 g/mol. The number of nitrogens with one attached hydrogen (secondary N) is 2. The van der Waals surface area contributed by atoms with Crippen LogP contribution in [0, 0.1) is 6.92 Å². The first kappa shape index (κ1) is 21.3. The molecule has 29 heavy (non-hydrogen) atoms. The average molecular weight is 447 g/mol. The highest BCUT2D eigenvalue weighted by molar-refractivity contribution is 7.91. The summed E-state index contributed by atoms with van der Waals surface area (Å²) in [5.41, 5.74) is 2.39. The van der Waals surface area contributed by atoms with E-state index >= 15 is 0 Å². The number of aromatic amines is 1. The van der Waals surface area contributed by atoms with Crippen LogP contribution in [0.2, 0.25) is 0 Å². The second kappa shape index (κ2) is 7.76. The summed E-state index contributed by atoms with van der Waals surface area (Å²) in [6.07, 6.45) is -4.82. The number of alkyl halides is 3. The quantitative estimate of drug-likeness (QED) is 0.565. The molecule has 3 aromatic rings. The molecule has 2 N–H and O–H groups in total. The van der Waals surface area contributed by atoms with E-state index in [1.54, 1.807) is 18.3 Å². The van der Waals surface area contributed by atoms with Crippen molar-refractivity contribution in [3.8, 4) is 10.4 Å². The number of H-pyrrole nitrogens is 1. The summed E-state index contributed by atoms with van der Waals surface area (Å²) in [7, 11) is -3.99. The SMILES string of the molecule is Cc1cc2c(-c3ccc(S(=O)(=O)NC[C@@H](C)OC(=O)C(F)(F)F)s3)ccnc2[nH]1. The van der Waals surface area contributed by atoms with E-state index in [0.29, 0.717) is 10.5 Å². The summed E-state index contributed by atoms with van der Waals surface area (Å²) < 4.78 is 67.8. The van der Waals surface area contributed by atoms with Gasteiger partial charge in [0.05, 0.1) is 0 Å². The predicted octanol–water partition coefficient (Wildman–Crippen LogP) is 3.37. The molecule has 0 saturated heterocycles. The molecule has 7 nitrogen and oxygen atoms in total. The molecular formula is C17H16F3N3O4S2. The van der Waals surface area contributed by atoms with E-state index in [1.165, 1.54) is 6.07 Å². The molecule has 0 spiro atoms. The van der Waals surface area contributed by atoms with Gasteiger partial charge in [0.2, 0.25) is 10.0 Å². The first-order valence-electron chi connectivity index (χ1n) is 8.29. The third-order valence-corrected chi connectivity index (χ3v) is 6.91. The highest BCUT2D eigenvalue weighted by atomic mass is 32.2. The fraction of sp³-hybridized carbons (Fsp3) is 0.294. The summed E-state index contributed by atoms with van der Waals surface area (Å²) in [6, 6.07) is 6.72. The fourth-order valence-electron chi connectivity index (χ4n) is 2.57. The molecule has 0 amide bonds. The van der Waals surface area contributed by atoms with Crippen molar-refractivity contribution in [3.05, 3.63) is 36.2 Å². The van der Waals surface area contributed by atoms with E-state index in [4.69, 9.17) is 0 Å². The minimum absolute atomic E-state index is 0.0148. The van der Waals surface area contributed by atoms with E-state index in [2.05, 4.69) is 19.4 Å². The second-order valence-electron chi connectivity index (χ2n) is 6.26. The molecule has 0 fully saturated rings. The molecule has 0 aliphatic heterocycles. The van der Waals surface area contributed by atoms with Crippen molar-refractivity contribution in [3.63, 3.8) is 0 Å². The van der Waals surface area contributed by atoms with Crippen LogP contribution in [-0.2, 0) is 19.6 Å². The topological polar surface area (TPSA) is 101 Å². The van der Waals surface area contributed by atoms with Gasteiger partial charge >= 0.3 is 12.1 Å². The number of carbonyl (C=O) groups excluding carboxylic acids is 1. The van der Waals surface area contributed by atoms with Gasteiger partial charge in [-0.15, -0.1) is 11.3 Å². The first-order valence-corrected chi connectivity index (χ1v) is 10.6. The number of thiophene rings is 1. The number of pyridine rings is 1. The van der Waals surface area contributed by atoms with Crippen LogP contribution in [0.1, 0.15) is 12.6 Å². The Morgan fingerprint density at radius 1 is 1.34 bits per heavy atom. The van der Waals surface area contributed by atoms with Crippen molar-refractivity contribution >= 4 is 38.4 Å². The average Bonchev–Trinajstić information content (AvgIpc) is 3.25. The van der Waals surface area contributed by atoms with Crippen molar-refractivity contribution in [2.75, 3.05) is 6.54 Å². The van der Waals surface area contributed by atoms with Crippen LogP contribution in [0.25, 0.3) is 21.5 Å². The molecule has 3 rings (SSSR count). The number of ether oxygens (including phenoxy) is 1. The number of rotatable bonds is 6. The van der Waals surface area contributed by atoms with Gasteiger partial charge in [-0.25, -0.2) is 22.9 Å². The zero-order valence-electron chi connectivity index (χ0n) is 15.2. The Kier molecular flexibility index (Phi) is 5.70.